The van der Waals surface area contributed by atoms with Crippen LogP contribution in [0.3, 0.4) is 0 Å². The van der Waals surface area contributed by atoms with Crippen LogP contribution in [0.4, 0.5) is 4.39 Å². The number of hydrogen-bond acceptors (Lipinski definition) is 4. The molecule has 1 amide bonds. The Kier molecular flexibility index (Phi) is 5.38. The molecule has 2 fully saturated rings. The largest absolute Gasteiger partial charge is 0.378 e. The van der Waals surface area contributed by atoms with Gasteiger partial charge in [-0.3, -0.25) is 4.79 Å². The molecule has 2 aliphatic rings. The van der Waals surface area contributed by atoms with Gasteiger partial charge in [-0.2, -0.15) is 17.0 Å². The molecule has 138 valence electrons. The Bertz CT molecular complexity index is 711. The number of carbonyl (C=O) groups excluding carboxylic acids is 1. The van der Waals surface area contributed by atoms with E-state index in [0.29, 0.717) is 18.7 Å². The molecule has 0 aromatic heterocycles. The van der Waals surface area contributed by atoms with Gasteiger partial charge < -0.3 is 10.0 Å². The number of carbonyl (C=O) groups is 1. The van der Waals surface area contributed by atoms with E-state index < -0.39 is 28.0 Å². The SMILES string of the molecule is O=C([C@H](O)c1ccc(F)cc1)N1CCN(S(=O)(=O)N2CCCC2)CC1. The molecule has 1 aromatic rings. The Morgan fingerprint density at radius 2 is 1.48 bits per heavy atom. The van der Waals surface area contributed by atoms with Crippen molar-refractivity contribution in [3.05, 3.63) is 35.6 Å². The van der Waals surface area contributed by atoms with Crippen LogP contribution in [0, 0.1) is 5.82 Å². The number of piperazine rings is 1. The predicted molar refractivity (Wildman–Crippen MR) is 89.2 cm³/mol. The lowest BCUT2D eigenvalue weighted by atomic mass is 10.1. The first kappa shape index (κ1) is 18.2. The molecule has 0 unspecified atom stereocenters. The quantitative estimate of drug-likeness (QED) is 0.828. The minimum absolute atomic E-state index is 0.209. The van der Waals surface area contributed by atoms with Crippen LogP contribution in [0.2, 0.25) is 0 Å². The third-order valence-corrected chi connectivity index (χ3v) is 6.72. The van der Waals surface area contributed by atoms with Crippen LogP contribution >= 0.6 is 0 Å². The van der Waals surface area contributed by atoms with E-state index in [4.69, 9.17) is 0 Å². The zero-order valence-electron chi connectivity index (χ0n) is 13.8. The fourth-order valence-corrected chi connectivity index (χ4v) is 4.85. The molecule has 2 heterocycles. The maximum atomic E-state index is 12.9. The number of halogens is 1. The van der Waals surface area contributed by atoms with Crippen molar-refractivity contribution in [2.45, 2.75) is 18.9 Å². The summed E-state index contributed by atoms with van der Waals surface area (Å²) in [4.78, 5) is 13.8. The van der Waals surface area contributed by atoms with Crippen LogP contribution in [-0.2, 0) is 15.0 Å². The summed E-state index contributed by atoms with van der Waals surface area (Å²) in [7, 11) is -3.46. The standard InChI is InChI=1S/C16H22FN3O4S/c17-14-5-3-13(4-6-14)15(21)16(22)18-9-11-20(12-10-18)25(23,24)19-7-1-2-8-19/h3-6,15,21H,1-2,7-12H2/t15-/m1/s1. The van der Waals surface area contributed by atoms with Gasteiger partial charge in [0.1, 0.15) is 5.82 Å². The molecule has 0 radical (unpaired) electrons. The Morgan fingerprint density at radius 3 is 2.04 bits per heavy atom. The first-order valence-corrected chi connectivity index (χ1v) is 9.77. The van der Waals surface area contributed by atoms with E-state index >= 15 is 0 Å². The summed E-state index contributed by atoms with van der Waals surface area (Å²) in [5, 5.41) is 10.2. The van der Waals surface area contributed by atoms with E-state index in [1.165, 1.54) is 37.8 Å². The Labute approximate surface area is 146 Å². The number of aliphatic hydroxyl groups excluding tert-OH is 1. The summed E-state index contributed by atoms with van der Waals surface area (Å²) < 4.78 is 40.9. The molecule has 2 saturated heterocycles. The summed E-state index contributed by atoms with van der Waals surface area (Å²) in [6.45, 7) is 1.96. The monoisotopic (exact) mass is 371 g/mol. The number of nitrogens with zero attached hydrogens (tertiary/aromatic N) is 3. The highest BCUT2D eigenvalue weighted by molar-refractivity contribution is 7.86. The predicted octanol–water partition coefficient (Wildman–Crippen LogP) is 0.344. The third-order valence-electron chi connectivity index (χ3n) is 4.69. The van der Waals surface area contributed by atoms with Crippen LogP contribution in [0.5, 0.6) is 0 Å². The molecule has 1 N–H and O–H groups in total. The Balaban J connectivity index is 1.59. The van der Waals surface area contributed by atoms with Crippen LogP contribution in [0.1, 0.15) is 24.5 Å². The highest BCUT2D eigenvalue weighted by Crippen LogP contribution is 2.21. The third kappa shape index (κ3) is 3.84. The molecule has 9 heteroatoms. The highest BCUT2D eigenvalue weighted by atomic mass is 32.2. The molecule has 0 saturated carbocycles. The maximum Gasteiger partial charge on any atom is 0.282 e. The van der Waals surface area contributed by atoms with Crippen molar-refractivity contribution in [1.29, 1.82) is 0 Å². The van der Waals surface area contributed by atoms with E-state index in [2.05, 4.69) is 0 Å². The van der Waals surface area contributed by atoms with Gasteiger partial charge in [-0.1, -0.05) is 12.1 Å². The molecule has 1 atom stereocenters. The van der Waals surface area contributed by atoms with Gasteiger partial charge in [-0.15, -0.1) is 0 Å². The van der Waals surface area contributed by atoms with Crippen molar-refractivity contribution in [3.63, 3.8) is 0 Å². The molecule has 0 aliphatic carbocycles. The van der Waals surface area contributed by atoms with Gasteiger partial charge in [-0.25, -0.2) is 4.39 Å². The second-order valence-electron chi connectivity index (χ2n) is 6.29. The average molecular weight is 371 g/mol. The van der Waals surface area contributed by atoms with E-state index in [1.807, 2.05) is 0 Å². The van der Waals surface area contributed by atoms with Crippen LogP contribution in [0.25, 0.3) is 0 Å². The molecular weight excluding hydrogens is 349 g/mol. The van der Waals surface area contributed by atoms with Gasteiger partial charge >= 0.3 is 0 Å². The zero-order chi connectivity index (χ0) is 18.0. The second-order valence-corrected chi connectivity index (χ2v) is 8.22. The Hall–Kier alpha value is -1.55. The molecule has 25 heavy (non-hydrogen) atoms. The van der Waals surface area contributed by atoms with Crippen molar-refractivity contribution in [2.24, 2.45) is 0 Å². The van der Waals surface area contributed by atoms with Gasteiger partial charge in [0.05, 0.1) is 0 Å². The topological polar surface area (TPSA) is 81.2 Å². The number of rotatable bonds is 4. The fraction of sp³-hybridized carbons (Fsp3) is 0.562. The first-order valence-electron chi connectivity index (χ1n) is 8.37. The van der Waals surface area contributed by atoms with E-state index in [1.54, 1.807) is 0 Å². The van der Waals surface area contributed by atoms with Crippen LogP contribution in [-0.4, -0.2) is 72.2 Å². The first-order chi connectivity index (χ1) is 11.9. The molecular formula is C16H22FN3O4S. The maximum absolute atomic E-state index is 12.9. The second kappa shape index (κ2) is 7.36. The summed E-state index contributed by atoms with van der Waals surface area (Å²) in [5.74, 6) is -0.936. The van der Waals surface area contributed by atoms with Crippen molar-refractivity contribution >= 4 is 16.1 Å². The zero-order valence-corrected chi connectivity index (χ0v) is 14.7. The molecule has 1 aromatic carbocycles. The average Bonchev–Trinajstić information content (AvgIpc) is 3.17. The molecule has 0 bridgehead atoms. The molecule has 0 spiro atoms. The Morgan fingerprint density at radius 1 is 0.960 bits per heavy atom. The van der Waals surface area contributed by atoms with Crippen LogP contribution in [0.15, 0.2) is 24.3 Å². The van der Waals surface area contributed by atoms with Crippen molar-refractivity contribution in [3.8, 4) is 0 Å². The molecule has 2 aliphatic heterocycles. The number of aliphatic hydroxyl groups is 1. The lowest BCUT2D eigenvalue weighted by molar-refractivity contribution is -0.141. The van der Waals surface area contributed by atoms with Gasteiger partial charge in [0, 0.05) is 39.3 Å². The van der Waals surface area contributed by atoms with E-state index in [0.717, 1.165) is 12.8 Å². The lowest BCUT2D eigenvalue weighted by Crippen LogP contribution is -2.54. The molecule has 3 rings (SSSR count). The highest BCUT2D eigenvalue weighted by Gasteiger charge is 2.35. The van der Waals surface area contributed by atoms with Crippen molar-refractivity contribution in [2.75, 3.05) is 39.3 Å². The fourth-order valence-electron chi connectivity index (χ4n) is 3.18. The minimum Gasteiger partial charge on any atom is -0.378 e. The van der Waals surface area contributed by atoms with E-state index in [-0.39, 0.29) is 26.2 Å². The van der Waals surface area contributed by atoms with Gasteiger partial charge in [0.15, 0.2) is 6.10 Å². The van der Waals surface area contributed by atoms with Crippen molar-refractivity contribution in [1.82, 2.24) is 13.5 Å². The summed E-state index contributed by atoms with van der Waals surface area (Å²) >= 11 is 0. The summed E-state index contributed by atoms with van der Waals surface area (Å²) in [6.07, 6.45) is 0.380. The number of benzene rings is 1. The van der Waals surface area contributed by atoms with Crippen LogP contribution < -0.4 is 0 Å². The summed E-state index contributed by atoms with van der Waals surface area (Å²) in [5.41, 5.74) is 0.318. The number of amides is 1. The van der Waals surface area contributed by atoms with E-state index in [9.17, 15) is 22.7 Å². The normalized spacial score (nSPS) is 21.4. The minimum atomic E-state index is -3.46. The van der Waals surface area contributed by atoms with Gasteiger partial charge in [0.25, 0.3) is 16.1 Å². The van der Waals surface area contributed by atoms with Crippen molar-refractivity contribution < 1.29 is 22.7 Å². The number of hydrogen-bond donors (Lipinski definition) is 1. The van der Waals surface area contributed by atoms with Gasteiger partial charge in [0.2, 0.25) is 0 Å². The van der Waals surface area contributed by atoms with Gasteiger partial charge in [-0.05, 0) is 30.5 Å². The lowest BCUT2D eigenvalue weighted by Gasteiger charge is -2.36. The smallest absolute Gasteiger partial charge is 0.282 e. The summed E-state index contributed by atoms with van der Waals surface area (Å²) in [6, 6.07) is 5.11. The molecule has 7 nitrogen and oxygen atoms in total.